The number of carbonyl (C=O) groups excluding carboxylic acids is 2. The van der Waals surface area contributed by atoms with Crippen molar-refractivity contribution >= 4 is 40.8 Å². The van der Waals surface area contributed by atoms with Crippen LogP contribution in [0.25, 0.3) is 0 Å². The highest BCUT2D eigenvalue weighted by molar-refractivity contribution is 8.00. The first kappa shape index (κ1) is 23.8. The van der Waals surface area contributed by atoms with Crippen LogP contribution in [0.5, 0.6) is 0 Å². The molecule has 33 heavy (non-hydrogen) atoms. The third kappa shape index (κ3) is 5.70. The Morgan fingerprint density at radius 1 is 1.06 bits per heavy atom. The molecule has 0 spiro atoms. The van der Waals surface area contributed by atoms with Crippen molar-refractivity contribution in [2.75, 3.05) is 16.4 Å². The second kappa shape index (κ2) is 10.2. The lowest BCUT2D eigenvalue weighted by atomic mass is 10.1. The van der Waals surface area contributed by atoms with Crippen molar-refractivity contribution in [1.29, 1.82) is 5.26 Å². The van der Waals surface area contributed by atoms with Crippen LogP contribution < -0.4 is 16.4 Å². The number of aryl methyl sites for hydroxylation is 3. The smallest absolute Gasteiger partial charge is 0.259 e. The van der Waals surface area contributed by atoms with Crippen molar-refractivity contribution in [2.24, 2.45) is 0 Å². The fraction of sp³-hybridized carbons (Fsp3) is 0.200. The molecule has 168 valence electrons. The first-order chi connectivity index (χ1) is 15.7. The largest absolute Gasteiger partial charge is 0.383 e. The quantitative estimate of drug-likeness (QED) is 0.454. The number of nitrogens with two attached hydrogens (primary N) is 1. The van der Waals surface area contributed by atoms with Gasteiger partial charge in [-0.15, -0.1) is 0 Å². The number of amides is 2. The highest BCUT2D eigenvalue weighted by Crippen LogP contribution is 2.30. The molecule has 1 unspecified atom stereocenters. The van der Waals surface area contributed by atoms with Crippen LogP contribution in [0.2, 0.25) is 0 Å². The minimum absolute atomic E-state index is 0.0113. The van der Waals surface area contributed by atoms with Crippen molar-refractivity contribution in [3.63, 3.8) is 0 Å². The Kier molecular flexibility index (Phi) is 7.36. The van der Waals surface area contributed by atoms with E-state index in [9.17, 15) is 14.9 Å². The summed E-state index contributed by atoms with van der Waals surface area (Å²) in [6, 6.07) is 16.4. The summed E-state index contributed by atoms with van der Waals surface area (Å²) in [5.74, 6) is -0.691. The van der Waals surface area contributed by atoms with E-state index in [-0.39, 0.29) is 22.9 Å². The van der Waals surface area contributed by atoms with Crippen LogP contribution in [0.3, 0.4) is 0 Å². The molecule has 0 aliphatic rings. The number of pyridine rings is 1. The maximum absolute atomic E-state index is 12.8. The average Bonchev–Trinajstić information content (AvgIpc) is 2.76. The lowest BCUT2D eigenvalue weighted by Crippen LogP contribution is -2.24. The molecular formula is C25H25N5O2S. The predicted octanol–water partition coefficient (Wildman–Crippen LogP) is 4.83. The molecular weight excluding hydrogens is 434 g/mol. The van der Waals surface area contributed by atoms with Crippen LogP contribution in [0.15, 0.2) is 53.6 Å². The molecule has 0 aliphatic heterocycles. The van der Waals surface area contributed by atoms with E-state index in [1.807, 2.05) is 45.0 Å². The van der Waals surface area contributed by atoms with E-state index in [4.69, 9.17) is 5.73 Å². The van der Waals surface area contributed by atoms with Gasteiger partial charge in [0.2, 0.25) is 5.91 Å². The van der Waals surface area contributed by atoms with E-state index in [1.54, 1.807) is 31.2 Å². The van der Waals surface area contributed by atoms with Crippen molar-refractivity contribution in [3.8, 4) is 6.07 Å². The molecule has 0 fully saturated rings. The van der Waals surface area contributed by atoms with Gasteiger partial charge in [0, 0.05) is 11.4 Å². The molecule has 0 saturated heterocycles. The summed E-state index contributed by atoms with van der Waals surface area (Å²) in [6.07, 6.45) is 0. The number of nitrogens with zero attached hydrogens (tertiary/aromatic N) is 2. The lowest BCUT2D eigenvalue weighted by molar-refractivity contribution is -0.115. The Hall–Kier alpha value is -3.83. The Morgan fingerprint density at radius 3 is 2.30 bits per heavy atom. The first-order valence-corrected chi connectivity index (χ1v) is 11.2. The van der Waals surface area contributed by atoms with Gasteiger partial charge in [0.15, 0.2) is 0 Å². The fourth-order valence-corrected chi connectivity index (χ4v) is 4.29. The second-order valence-corrected chi connectivity index (χ2v) is 9.06. The van der Waals surface area contributed by atoms with Crippen LogP contribution in [0.1, 0.15) is 39.5 Å². The van der Waals surface area contributed by atoms with Gasteiger partial charge in [-0.1, -0.05) is 47.7 Å². The molecule has 0 saturated carbocycles. The molecule has 3 rings (SSSR count). The van der Waals surface area contributed by atoms with Gasteiger partial charge in [0.25, 0.3) is 5.91 Å². The Labute approximate surface area is 197 Å². The van der Waals surface area contributed by atoms with Crippen molar-refractivity contribution in [3.05, 3.63) is 76.3 Å². The van der Waals surface area contributed by atoms with E-state index in [0.29, 0.717) is 10.7 Å². The topological polar surface area (TPSA) is 121 Å². The number of aromatic nitrogens is 1. The summed E-state index contributed by atoms with van der Waals surface area (Å²) in [5, 5.41) is 15.1. The van der Waals surface area contributed by atoms with Crippen molar-refractivity contribution in [1.82, 2.24) is 4.98 Å². The zero-order valence-corrected chi connectivity index (χ0v) is 19.7. The third-order valence-electron chi connectivity index (χ3n) is 5.00. The molecule has 0 radical (unpaired) electrons. The van der Waals surface area contributed by atoms with Crippen LogP contribution in [0.4, 0.5) is 17.2 Å². The summed E-state index contributed by atoms with van der Waals surface area (Å²) >= 11 is 1.12. The molecule has 2 amide bonds. The van der Waals surface area contributed by atoms with Gasteiger partial charge >= 0.3 is 0 Å². The minimum atomic E-state index is -0.548. The molecule has 2 aromatic carbocycles. The monoisotopic (exact) mass is 459 g/mol. The van der Waals surface area contributed by atoms with E-state index >= 15 is 0 Å². The number of carbonyl (C=O) groups is 2. The average molecular weight is 460 g/mol. The van der Waals surface area contributed by atoms with Gasteiger partial charge in [-0.05, 0) is 57.0 Å². The van der Waals surface area contributed by atoms with Gasteiger partial charge in [0.05, 0.1) is 16.4 Å². The number of rotatable bonds is 6. The fourth-order valence-electron chi connectivity index (χ4n) is 3.40. The molecule has 0 aliphatic carbocycles. The van der Waals surface area contributed by atoms with Gasteiger partial charge in [-0.3, -0.25) is 9.59 Å². The Bertz CT molecular complexity index is 1230. The third-order valence-corrected chi connectivity index (χ3v) is 6.10. The molecule has 4 N–H and O–H groups in total. The maximum atomic E-state index is 12.8. The summed E-state index contributed by atoms with van der Waals surface area (Å²) in [7, 11) is 0. The number of nitrogen functional groups attached to an aromatic ring is 1. The van der Waals surface area contributed by atoms with E-state index in [2.05, 4.69) is 15.6 Å². The van der Waals surface area contributed by atoms with E-state index in [0.717, 1.165) is 34.1 Å². The summed E-state index contributed by atoms with van der Waals surface area (Å²) < 4.78 is 0. The van der Waals surface area contributed by atoms with E-state index < -0.39 is 11.2 Å². The number of benzene rings is 2. The number of nitrogens with one attached hydrogen (secondary N) is 2. The first-order valence-electron chi connectivity index (χ1n) is 10.3. The molecule has 1 atom stereocenters. The minimum Gasteiger partial charge on any atom is -0.383 e. The van der Waals surface area contributed by atoms with Gasteiger partial charge < -0.3 is 16.4 Å². The number of anilines is 3. The van der Waals surface area contributed by atoms with Gasteiger partial charge in [-0.2, -0.15) is 5.26 Å². The van der Waals surface area contributed by atoms with Gasteiger partial charge in [-0.25, -0.2) is 4.98 Å². The number of hydrogen-bond acceptors (Lipinski definition) is 6. The molecule has 3 aromatic rings. The Balaban J connectivity index is 1.78. The normalized spacial score (nSPS) is 11.4. The molecule has 1 aromatic heterocycles. The van der Waals surface area contributed by atoms with Crippen molar-refractivity contribution < 1.29 is 9.59 Å². The summed E-state index contributed by atoms with van der Waals surface area (Å²) in [6.45, 7) is 7.63. The highest BCUT2D eigenvalue weighted by atomic mass is 32.2. The van der Waals surface area contributed by atoms with Crippen LogP contribution >= 0.6 is 11.8 Å². The van der Waals surface area contributed by atoms with Crippen LogP contribution in [-0.4, -0.2) is 22.0 Å². The lowest BCUT2D eigenvalue weighted by Gasteiger charge is -2.17. The van der Waals surface area contributed by atoms with Crippen LogP contribution in [-0.2, 0) is 4.79 Å². The van der Waals surface area contributed by atoms with E-state index in [1.165, 1.54) is 6.07 Å². The summed E-state index contributed by atoms with van der Waals surface area (Å²) in [5.41, 5.74) is 10.8. The standard InChI is InChI=1S/C25H25N5O2S/c1-14-10-15(2)21(16(3)11-14)29-23(31)17(4)33-25-18(13-26)12-20(22(27)30-25)24(32)28-19-8-6-5-7-9-19/h5-12,17H,1-4H3,(H2,27,30)(H,28,32)(H,29,31). The van der Waals surface area contributed by atoms with Crippen molar-refractivity contribution in [2.45, 2.75) is 38.0 Å². The highest BCUT2D eigenvalue weighted by Gasteiger charge is 2.22. The molecule has 0 bridgehead atoms. The maximum Gasteiger partial charge on any atom is 0.259 e. The number of thioether (sulfide) groups is 1. The number of nitriles is 1. The zero-order chi connectivity index (χ0) is 24.1. The SMILES string of the molecule is Cc1cc(C)c(NC(=O)C(C)Sc2nc(N)c(C(=O)Nc3ccccc3)cc2C#N)c(C)c1. The number of hydrogen-bond donors (Lipinski definition) is 3. The predicted molar refractivity (Wildman–Crippen MR) is 132 cm³/mol. The molecule has 7 nitrogen and oxygen atoms in total. The van der Waals surface area contributed by atoms with Crippen LogP contribution in [0, 0.1) is 32.1 Å². The van der Waals surface area contributed by atoms with Gasteiger partial charge in [0.1, 0.15) is 16.9 Å². The summed E-state index contributed by atoms with van der Waals surface area (Å²) in [4.78, 5) is 29.7. The zero-order valence-electron chi connectivity index (χ0n) is 18.9. The second-order valence-electron chi connectivity index (χ2n) is 7.73. The molecule has 1 heterocycles. The Morgan fingerprint density at radius 2 is 1.70 bits per heavy atom. The molecule has 8 heteroatoms. The number of para-hydroxylation sites is 1.